The van der Waals surface area contributed by atoms with Gasteiger partial charge in [-0.2, -0.15) is 13.2 Å². The molecule has 3 nitrogen and oxygen atoms in total. The molecule has 3 aromatic rings. The largest absolute Gasteiger partial charge is 0.462 e. The van der Waals surface area contributed by atoms with E-state index in [1.165, 1.54) is 12.1 Å². The quantitative estimate of drug-likeness (QED) is 0.402. The second-order valence-electron chi connectivity index (χ2n) is 6.00. The molecule has 0 aliphatic heterocycles. The summed E-state index contributed by atoms with van der Waals surface area (Å²) in [4.78, 5) is 16.6. The molecule has 0 fully saturated rings. The van der Waals surface area contributed by atoms with Crippen molar-refractivity contribution in [1.29, 1.82) is 0 Å². The molecule has 1 heterocycles. The van der Waals surface area contributed by atoms with Crippen LogP contribution in [0, 0.1) is 0 Å². The molecular weight excluding hydrogens is 387 g/mol. The smallest absolute Gasteiger partial charge is 0.416 e. The predicted molar refractivity (Wildman–Crippen MR) is 104 cm³/mol. The predicted octanol–water partition coefficient (Wildman–Crippen LogP) is 6.27. The maximum atomic E-state index is 12.8. The molecule has 1 N–H and O–H groups in total. The third-order valence-corrected chi connectivity index (χ3v) is 4.96. The maximum absolute atomic E-state index is 12.8. The number of aromatic amines is 1. The summed E-state index contributed by atoms with van der Waals surface area (Å²) in [6.45, 7) is 1.94. The summed E-state index contributed by atoms with van der Waals surface area (Å²) in [6, 6.07) is 14.1. The lowest BCUT2D eigenvalue weighted by Crippen LogP contribution is -2.04. The van der Waals surface area contributed by atoms with Crippen LogP contribution in [-0.4, -0.2) is 23.8 Å². The van der Waals surface area contributed by atoms with E-state index in [0.717, 1.165) is 22.6 Å². The fourth-order valence-corrected chi connectivity index (χ4v) is 3.21. The van der Waals surface area contributed by atoms with E-state index in [4.69, 9.17) is 4.74 Å². The minimum Gasteiger partial charge on any atom is -0.462 e. The molecule has 0 saturated heterocycles. The number of thioether (sulfide) groups is 1. The van der Waals surface area contributed by atoms with Crippen molar-refractivity contribution in [2.45, 2.75) is 18.0 Å². The highest BCUT2D eigenvalue weighted by Crippen LogP contribution is 2.33. The highest BCUT2D eigenvalue weighted by Gasteiger charge is 2.30. The summed E-state index contributed by atoms with van der Waals surface area (Å²) >= 11 is 1.60. The van der Waals surface area contributed by atoms with Gasteiger partial charge < -0.3 is 9.72 Å². The number of hydrogen-bond acceptors (Lipinski definition) is 3. The van der Waals surface area contributed by atoms with Crippen molar-refractivity contribution in [3.05, 3.63) is 65.7 Å². The molecule has 1 aromatic heterocycles. The Morgan fingerprint density at radius 3 is 2.18 bits per heavy atom. The molecule has 0 amide bonds. The number of esters is 1. The van der Waals surface area contributed by atoms with Crippen molar-refractivity contribution in [2.75, 3.05) is 12.9 Å². The molecule has 0 bridgehead atoms. The standard InChI is InChI=1S/C21H18F3NO2S/c1-3-27-20(26)17-12-18(13-4-8-15(9-5-13)21(22,23)24)25-19(17)14-6-10-16(28-2)11-7-14/h4-12,25H,3H2,1-2H3. The van der Waals surface area contributed by atoms with E-state index in [-0.39, 0.29) is 6.61 Å². The molecule has 0 saturated carbocycles. The van der Waals surface area contributed by atoms with E-state index in [0.29, 0.717) is 22.5 Å². The third kappa shape index (κ3) is 4.25. The Labute approximate surface area is 164 Å². The van der Waals surface area contributed by atoms with Gasteiger partial charge >= 0.3 is 12.1 Å². The number of hydrogen-bond donors (Lipinski definition) is 1. The van der Waals surface area contributed by atoms with Gasteiger partial charge in [0.05, 0.1) is 23.4 Å². The molecule has 0 aliphatic rings. The molecule has 0 unspecified atom stereocenters. The van der Waals surface area contributed by atoms with Crippen LogP contribution >= 0.6 is 11.8 Å². The van der Waals surface area contributed by atoms with Crippen LogP contribution in [0.2, 0.25) is 0 Å². The van der Waals surface area contributed by atoms with Crippen LogP contribution in [0.25, 0.3) is 22.5 Å². The van der Waals surface area contributed by atoms with Gasteiger partial charge in [0.15, 0.2) is 0 Å². The Kier molecular flexibility index (Phi) is 5.84. The van der Waals surface area contributed by atoms with Gasteiger partial charge in [-0.05, 0) is 54.6 Å². The van der Waals surface area contributed by atoms with E-state index in [9.17, 15) is 18.0 Å². The second-order valence-corrected chi connectivity index (χ2v) is 6.88. The molecule has 146 valence electrons. The fourth-order valence-electron chi connectivity index (χ4n) is 2.80. The number of aromatic nitrogens is 1. The van der Waals surface area contributed by atoms with Gasteiger partial charge in [0, 0.05) is 10.6 Å². The van der Waals surface area contributed by atoms with Crippen LogP contribution in [0.15, 0.2) is 59.5 Å². The molecule has 7 heteroatoms. The molecule has 0 radical (unpaired) electrons. The Morgan fingerprint density at radius 1 is 1.04 bits per heavy atom. The van der Waals surface area contributed by atoms with E-state index in [2.05, 4.69) is 4.98 Å². The topological polar surface area (TPSA) is 42.1 Å². The van der Waals surface area contributed by atoms with Crippen molar-refractivity contribution in [1.82, 2.24) is 4.98 Å². The van der Waals surface area contributed by atoms with E-state index in [1.807, 2.05) is 30.5 Å². The first-order chi connectivity index (χ1) is 13.3. The number of alkyl halides is 3. The first-order valence-corrected chi connectivity index (χ1v) is 9.78. The minimum absolute atomic E-state index is 0.227. The number of halogens is 3. The normalized spacial score (nSPS) is 11.5. The Balaban J connectivity index is 2.04. The maximum Gasteiger partial charge on any atom is 0.416 e. The average Bonchev–Trinajstić information content (AvgIpc) is 3.13. The number of nitrogens with one attached hydrogen (secondary N) is 1. The number of benzene rings is 2. The zero-order chi connectivity index (χ0) is 20.3. The van der Waals surface area contributed by atoms with Crippen LogP contribution in [0.5, 0.6) is 0 Å². The second kappa shape index (κ2) is 8.14. The van der Waals surface area contributed by atoms with E-state index < -0.39 is 17.7 Å². The van der Waals surface area contributed by atoms with E-state index >= 15 is 0 Å². The Morgan fingerprint density at radius 2 is 1.64 bits per heavy atom. The molecule has 0 atom stereocenters. The van der Waals surface area contributed by atoms with Crippen molar-refractivity contribution in [3.8, 4) is 22.5 Å². The lowest BCUT2D eigenvalue weighted by atomic mass is 10.1. The number of rotatable bonds is 5. The summed E-state index contributed by atoms with van der Waals surface area (Å²) in [7, 11) is 0. The van der Waals surface area contributed by atoms with Crippen LogP contribution in [0.1, 0.15) is 22.8 Å². The molecule has 3 rings (SSSR count). The number of ether oxygens (including phenoxy) is 1. The van der Waals surface area contributed by atoms with Gasteiger partial charge in [0.2, 0.25) is 0 Å². The van der Waals surface area contributed by atoms with Gasteiger partial charge in [-0.25, -0.2) is 4.79 Å². The van der Waals surface area contributed by atoms with Gasteiger partial charge in [-0.3, -0.25) is 0 Å². The van der Waals surface area contributed by atoms with Crippen molar-refractivity contribution in [3.63, 3.8) is 0 Å². The van der Waals surface area contributed by atoms with Gasteiger partial charge in [0.1, 0.15) is 0 Å². The van der Waals surface area contributed by atoms with E-state index in [1.54, 1.807) is 24.8 Å². The summed E-state index contributed by atoms with van der Waals surface area (Å²) in [6.07, 6.45) is -2.43. The Hall–Kier alpha value is -2.67. The monoisotopic (exact) mass is 405 g/mol. The molecule has 28 heavy (non-hydrogen) atoms. The average molecular weight is 405 g/mol. The molecule has 2 aromatic carbocycles. The Bertz CT molecular complexity index is 961. The zero-order valence-electron chi connectivity index (χ0n) is 15.3. The van der Waals surface area contributed by atoms with Gasteiger partial charge in [-0.15, -0.1) is 11.8 Å². The van der Waals surface area contributed by atoms with Crippen molar-refractivity contribution >= 4 is 17.7 Å². The highest BCUT2D eigenvalue weighted by atomic mass is 32.2. The first kappa shape index (κ1) is 20.1. The molecular formula is C21H18F3NO2S. The molecule has 0 spiro atoms. The fraction of sp³-hybridized carbons (Fsp3) is 0.190. The summed E-state index contributed by atoms with van der Waals surface area (Å²) in [5, 5.41) is 0. The van der Waals surface area contributed by atoms with Gasteiger partial charge in [-0.1, -0.05) is 24.3 Å². The zero-order valence-corrected chi connectivity index (χ0v) is 16.1. The number of H-pyrrole nitrogens is 1. The number of carbonyl (C=O) groups excluding carboxylic acids is 1. The molecule has 0 aliphatic carbocycles. The van der Waals surface area contributed by atoms with Crippen LogP contribution in [-0.2, 0) is 10.9 Å². The highest BCUT2D eigenvalue weighted by molar-refractivity contribution is 7.98. The van der Waals surface area contributed by atoms with Crippen LogP contribution in [0.3, 0.4) is 0 Å². The summed E-state index contributed by atoms with van der Waals surface area (Å²) in [5.74, 6) is -0.485. The first-order valence-electron chi connectivity index (χ1n) is 8.55. The van der Waals surface area contributed by atoms with Gasteiger partial charge in [0.25, 0.3) is 0 Å². The lowest BCUT2D eigenvalue weighted by molar-refractivity contribution is -0.137. The number of carbonyl (C=O) groups is 1. The lowest BCUT2D eigenvalue weighted by Gasteiger charge is -2.07. The van der Waals surface area contributed by atoms with Crippen molar-refractivity contribution < 1.29 is 22.7 Å². The van der Waals surface area contributed by atoms with Crippen LogP contribution < -0.4 is 0 Å². The summed E-state index contributed by atoms with van der Waals surface area (Å²) < 4.78 is 43.5. The van der Waals surface area contributed by atoms with Crippen LogP contribution in [0.4, 0.5) is 13.2 Å². The third-order valence-electron chi connectivity index (χ3n) is 4.21. The van der Waals surface area contributed by atoms with Crippen molar-refractivity contribution in [2.24, 2.45) is 0 Å². The summed E-state index contributed by atoms with van der Waals surface area (Å²) in [5.41, 5.74) is 2.07. The SMILES string of the molecule is CCOC(=O)c1cc(-c2ccc(C(F)(F)F)cc2)[nH]c1-c1ccc(SC)cc1. The minimum atomic E-state index is -4.39.